The van der Waals surface area contributed by atoms with Crippen molar-refractivity contribution in [1.29, 1.82) is 0 Å². The SMILES string of the molecule is CC(=O)c1c(-c2ccc(NC(=O)Nc3cc(C(F)(F)F)ccc3F)cc2)c2c(N)ncnn2c1CN1CCOCC1. The Morgan fingerprint density at radius 2 is 1.78 bits per heavy atom. The number of amides is 2. The predicted molar refractivity (Wildman–Crippen MR) is 143 cm³/mol. The van der Waals surface area contributed by atoms with E-state index in [2.05, 4.69) is 25.6 Å². The average molecular weight is 572 g/mol. The highest BCUT2D eigenvalue weighted by atomic mass is 19.4. The molecule has 1 aliphatic rings. The highest BCUT2D eigenvalue weighted by Crippen LogP contribution is 2.37. The normalized spacial score (nSPS) is 14.3. The molecule has 2 amide bonds. The van der Waals surface area contributed by atoms with E-state index in [0.717, 1.165) is 0 Å². The number of ketones is 1. The van der Waals surface area contributed by atoms with Crippen LogP contribution in [0.4, 0.5) is 39.5 Å². The number of nitrogens with zero attached hydrogens (tertiary/aromatic N) is 4. The number of hydrogen-bond donors (Lipinski definition) is 3. The van der Waals surface area contributed by atoms with E-state index in [-0.39, 0.29) is 17.3 Å². The standard InChI is InChI=1S/C27H25F4N7O3/c1-15(39)22-21(13-37-8-10-41-11-9-37)38-24(25(32)33-14-34-38)23(22)16-2-5-18(6-3-16)35-26(40)36-20-12-17(27(29,30)31)4-7-19(20)28/h2-7,12,14H,8-11,13H2,1H3,(H2,32,33,34)(H2,35,36,40). The maximum absolute atomic E-state index is 14.0. The molecule has 1 saturated heterocycles. The Hall–Kier alpha value is -4.56. The van der Waals surface area contributed by atoms with Crippen molar-refractivity contribution >= 4 is 34.5 Å². The Morgan fingerprint density at radius 3 is 2.44 bits per heavy atom. The smallest absolute Gasteiger partial charge is 0.382 e. The van der Waals surface area contributed by atoms with Gasteiger partial charge in [0.1, 0.15) is 17.7 Å². The van der Waals surface area contributed by atoms with Gasteiger partial charge in [0.05, 0.1) is 35.7 Å². The lowest BCUT2D eigenvalue weighted by Crippen LogP contribution is -2.36. The summed E-state index contributed by atoms with van der Waals surface area (Å²) in [7, 11) is 0. The lowest BCUT2D eigenvalue weighted by Gasteiger charge is -2.26. The molecular formula is C27H25F4N7O3. The molecule has 1 fully saturated rings. The van der Waals surface area contributed by atoms with Crippen LogP contribution in [0.25, 0.3) is 16.6 Å². The van der Waals surface area contributed by atoms with Gasteiger partial charge in [0.2, 0.25) is 0 Å². The molecule has 0 spiro atoms. The zero-order valence-corrected chi connectivity index (χ0v) is 21.8. The summed E-state index contributed by atoms with van der Waals surface area (Å²) >= 11 is 0. The molecule has 0 unspecified atom stereocenters. The number of fused-ring (bicyclic) bond motifs is 1. The Bertz CT molecular complexity index is 1610. The van der Waals surface area contributed by atoms with Gasteiger partial charge < -0.3 is 21.1 Å². The molecule has 0 aliphatic carbocycles. The van der Waals surface area contributed by atoms with Gasteiger partial charge in [0.25, 0.3) is 0 Å². The molecule has 10 nitrogen and oxygen atoms in total. The first-order valence-corrected chi connectivity index (χ1v) is 12.5. The van der Waals surface area contributed by atoms with Gasteiger partial charge >= 0.3 is 12.2 Å². The number of Topliss-reactive ketones (excluding diaryl/α,β-unsaturated/α-hetero) is 1. The zero-order chi connectivity index (χ0) is 29.3. The molecule has 0 atom stereocenters. The second-order valence-electron chi connectivity index (χ2n) is 9.40. The van der Waals surface area contributed by atoms with Gasteiger partial charge in [-0.15, -0.1) is 0 Å². The van der Waals surface area contributed by atoms with E-state index in [1.807, 2.05) is 0 Å². The number of anilines is 3. The van der Waals surface area contributed by atoms with Crippen LogP contribution in [0.1, 0.15) is 28.5 Å². The molecule has 41 heavy (non-hydrogen) atoms. The number of hydrogen-bond acceptors (Lipinski definition) is 7. The number of carbonyl (C=O) groups excluding carboxylic acids is 2. The second-order valence-corrected chi connectivity index (χ2v) is 9.40. The zero-order valence-electron chi connectivity index (χ0n) is 21.8. The van der Waals surface area contributed by atoms with Gasteiger partial charge in [-0.3, -0.25) is 9.69 Å². The van der Waals surface area contributed by atoms with Crippen molar-refractivity contribution in [2.45, 2.75) is 19.6 Å². The van der Waals surface area contributed by atoms with Crippen LogP contribution < -0.4 is 16.4 Å². The van der Waals surface area contributed by atoms with Crippen molar-refractivity contribution in [3.8, 4) is 11.1 Å². The minimum absolute atomic E-state index is 0.176. The first-order valence-electron chi connectivity index (χ1n) is 12.5. The van der Waals surface area contributed by atoms with Crippen LogP contribution >= 0.6 is 0 Å². The summed E-state index contributed by atoms with van der Waals surface area (Å²) in [6.07, 6.45) is -3.38. The monoisotopic (exact) mass is 571 g/mol. The Balaban J connectivity index is 1.44. The minimum atomic E-state index is -4.70. The van der Waals surface area contributed by atoms with Crippen molar-refractivity contribution in [1.82, 2.24) is 19.5 Å². The molecule has 2 aromatic carbocycles. The number of halogens is 4. The average Bonchev–Trinajstić information content (AvgIpc) is 3.26. The number of nitrogens with two attached hydrogens (primary N) is 1. The Labute approximate surface area is 231 Å². The fourth-order valence-electron chi connectivity index (χ4n) is 4.75. The molecule has 1 aliphatic heterocycles. The fraction of sp³-hybridized carbons (Fsp3) is 0.259. The van der Waals surface area contributed by atoms with Crippen molar-refractivity contribution in [2.75, 3.05) is 42.7 Å². The number of nitrogen functional groups attached to an aromatic ring is 1. The van der Waals surface area contributed by atoms with Gasteiger partial charge in [-0.25, -0.2) is 18.7 Å². The van der Waals surface area contributed by atoms with Crippen molar-refractivity contribution < 1.29 is 31.9 Å². The summed E-state index contributed by atoms with van der Waals surface area (Å²) in [5.41, 5.74) is 7.46. The quantitative estimate of drug-likeness (QED) is 0.224. The van der Waals surface area contributed by atoms with Crippen LogP contribution in [0.3, 0.4) is 0 Å². The third kappa shape index (κ3) is 5.83. The van der Waals surface area contributed by atoms with Crippen molar-refractivity contribution in [3.63, 3.8) is 0 Å². The molecule has 5 rings (SSSR count). The van der Waals surface area contributed by atoms with E-state index in [1.165, 1.54) is 25.4 Å². The molecule has 0 radical (unpaired) electrons. The predicted octanol–water partition coefficient (Wildman–Crippen LogP) is 4.82. The lowest BCUT2D eigenvalue weighted by molar-refractivity contribution is -0.137. The number of morpholine rings is 1. The van der Waals surface area contributed by atoms with Gasteiger partial charge in [-0.05, 0) is 42.8 Å². The molecule has 3 heterocycles. The van der Waals surface area contributed by atoms with Crippen LogP contribution in [0.15, 0.2) is 48.8 Å². The number of nitrogens with one attached hydrogen (secondary N) is 2. The number of aromatic nitrogens is 3. The van der Waals surface area contributed by atoms with E-state index in [1.54, 1.807) is 16.6 Å². The van der Waals surface area contributed by atoms with Gasteiger partial charge in [-0.1, -0.05) is 12.1 Å². The van der Waals surface area contributed by atoms with E-state index in [4.69, 9.17) is 10.5 Å². The van der Waals surface area contributed by atoms with Crippen LogP contribution in [0.5, 0.6) is 0 Å². The van der Waals surface area contributed by atoms with Crippen LogP contribution in [0.2, 0.25) is 0 Å². The van der Waals surface area contributed by atoms with E-state index < -0.39 is 29.3 Å². The van der Waals surface area contributed by atoms with E-state index in [0.29, 0.717) is 78.9 Å². The Kier molecular flexibility index (Phi) is 7.60. The first kappa shape index (κ1) is 28.0. The Morgan fingerprint density at radius 1 is 1.07 bits per heavy atom. The molecule has 2 aromatic heterocycles. The fourth-order valence-corrected chi connectivity index (χ4v) is 4.75. The maximum atomic E-state index is 14.0. The molecule has 214 valence electrons. The molecular weight excluding hydrogens is 546 g/mol. The third-order valence-electron chi connectivity index (χ3n) is 6.65. The number of benzene rings is 2. The molecule has 0 bridgehead atoms. The van der Waals surface area contributed by atoms with Crippen LogP contribution in [-0.4, -0.2) is 57.6 Å². The minimum Gasteiger partial charge on any atom is -0.382 e. The first-order chi connectivity index (χ1) is 19.5. The summed E-state index contributed by atoms with van der Waals surface area (Å²) in [6.45, 7) is 4.41. The number of rotatable bonds is 6. The molecule has 4 N–H and O–H groups in total. The van der Waals surface area contributed by atoms with Crippen LogP contribution in [0, 0.1) is 5.82 Å². The highest BCUT2D eigenvalue weighted by Gasteiger charge is 2.31. The number of ether oxygens (including phenoxy) is 1. The van der Waals surface area contributed by atoms with Gasteiger partial charge in [0.15, 0.2) is 11.6 Å². The number of carbonyl (C=O) groups is 2. The summed E-state index contributed by atoms with van der Waals surface area (Å²) in [5, 5.41) is 8.93. The molecule has 0 saturated carbocycles. The van der Waals surface area contributed by atoms with E-state index in [9.17, 15) is 27.2 Å². The highest BCUT2D eigenvalue weighted by molar-refractivity contribution is 6.08. The largest absolute Gasteiger partial charge is 0.416 e. The maximum Gasteiger partial charge on any atom is 0.416 e. The van der Waals surface area contributed by atoms with E-state index >= 15 is 0 Å². The van der Waals surface area contributed by atoms with Crippen molar-refractivity contribution in [2.24, 2.45) is 0 Å². The van der Waals surface area contributed by atoms with Gasteiger partial charge in [-0.2, -0.15) is 18.3 Å². The molecule has 4 aromatic rings. The number of alkyl halides is 3. The topological polar surface area (TPSA) is 127 Å². The summed E-state index contributed by atoms with van der Waals surface area (Å²) in [6, 6.07) is 7.15. The molecule has 14 heteroatoms. The second kappa shape index (κ2) is 11.1. The lowest BCUT2D eigenvalue weighted by atomic mass is 9.98. The van der Waals surface area contributed by atoms with Crippen molar-refractivity contribution in [3.05, 3.63) is 71.4 Å². The van der Waals surface area contributed by atoms with Crippen LogP contribution in [-0.2, 0) is 17.5 Å². The summed E-state index contributed by atoms with van der Waals surface area (Å²) in [5.74, 6) is -1.04. The summed E-state index contributed by atoms with van der Waals surface area (Å²) in [4.78, 5) is 31.7. The van der Waals surface area contributed by atoms with Gasteiger partial charge in [0, 0.05) is 30.9 Å². The number of urea groups is 1. The third-order valence-corrected chi connectivity index (χ3v) is 6.65. The summed E-state index contributed by atoms with van der Waals surface area (Å²) < 4.78 is 60.0.